The van der Waals surface area contributed by atoms with E-state index in [0.717, 1.165) is 29.7 Å². The van der Waals surface area contributed by atoms with Crippen LogP contribution in [0.3, 0.4) is 0 Å². The van der Waals surface area contributed by atoms with E-state index in [1.54, 1.807) is 12.1 Å². The number of H-pyrrole nitrogens is 1. The number of piperidine rings is 1. The molecule has 2 aliphatic rings. The minimum Gasteiger partial charge on any atom is -0.357 e. The topological polar surface area (TPSA) is 79.2 Å². The van der Waals surface area contributed by atoms with E-state index in [0.29, 0.717) is 12.8 Å². The van der Waals surface area contributed by atoms with Gasteiger partial charge in [-0.3, -0.25) is 19.8 Å². The molecule has 1 N–H and O–H groups in total. The number of non-ortho nitro benzene ring substituents is 1. The van der Waals surface area contributed by atoms with Gasteiger partial charge in [0.05, 0.1) is 11.0 Å². The summed E-state index contributed by atoms with van der Waals surface area (Å²) in [5.74, 6) is 0.242. The van der Waals surface area contributed by atoms with Crippen molar-refractivity contribution in [2.75, 3.05) is 6.54 Å². The van der Waals surface area contributed by atoms with Gasteiger partial charge in [0.2, 0.25) is 0 Å². The molecule has 3 aromatic rings. The van der Waals surface area contributed by atoms with Gasteiger partial charge in [0.15, 0.2) is 0 Å². The average Bonchev–Trinajstić information content (AvgIpc) is 3.07. The smallest absolute Gasteiger partial charge is 0.269 e. The van der Waals surface area contributed by atoms with Crippen LogP contribution < -0.4 is 0 Å². The van der Waals surface area contributed by atoms with Crippen molar-refractivity contribution >= 4 is 22.4 Å². The molecule has 6 nitrogen and oxygen atoms in total. The van der Waals surface area contributed by atoms with Crippen LogP contribution in [0.4, 0.5) is 5.69 Å². The number of nitro benzene ring substituents is 1. The second-order valence-corrected chi connectivity index (χ2v) is 7.38. The predicted octanol–water partition coefficient (Wildman–Crippen LogP) is 4.08. The lowest BCUT2D eigenvalue weighted by Crippen LogP contribution is -2.43. The molecule has 0 radical (unpaired) electrons. The van der Waals surface area contributed by atoms with Crippen LogP contribution in [0.2, 0.25) is 0 Å². The van der Waals surface area contributed by atoms with Gasteiger partial charge in [-0.05, 0) is 23.6 Å². The molecular weight excluding hydrogens is 342 g/mol. The Bertz CT molecular complexity index is 1050. The van der Waals surface area contributed by atoms with E-state index in [1.807, 2.05) is 6.07 Å². The van der Waals surface area contributed by atoms with Crippen molar-refractivity contribution in [3.8, 4) is 0 Å². The first-order valence-electron chi connectivity index (χ1n) is 9.23. The maximum atomic E-state index is 12.6. The molecule has 0 amide bonds. The van der Waals surface area contributed by atoms with Crippen molar-refractivity contribution in [3.63, 3.8) is 0 Å². The van der Waals surface area contributed by atoms with E-state index >= 15 is 0 Å². The molecule has 27 heavy (non-hydrogen) atoms. The Hall–Kier alpha value is -2.99. The number of fused-ring (bicyclic) bond motifs is 5. The van der Waals surface area contributed by atoms with Crippen LogP contribution in [-0.4, -0.2) is 27.1 Å². The first-order chi connectivity index (χ1) is 13.1. The third kappa shape index (κ3) is 2.56. The van der Waals surface area contributed by atoms with Crippen molar-refractivity contribution in [1.82, 2.24) is 9.88 Å². The fraction of sp³-hybridized carbons (Fsp3) is 0.286. The number of aromatic nitrogens is 1. The quantitative estimate of drug-likeness (QED) is 0.551. The summed E-state index contributed by atoms with van der Waals surface area (Å²) in [6, 6.07) is 14.9. The molecule has 6 heteroatoms. The van der Waals surface area contributed by atoms with Crippen molar-refractivity contribution in [3.05, 3.63) is 75.5 Å². The molecule has 3 heterocycles. The summed E-state index contributed by atoms with van der Waals surface area (Å²) in [7, 11) is 0. The van der Waals surface area contributed by atoms with E-state index in [2.05, 4.69) is 28.1 Å². The summed E-state index contributed by atoms with van der Waals surface area (Å²) in [4.78, 5) is 29.0. The van der Waals surface area contributed by atoms with E-state index < -0.39 is 4.92 Å². The maximum absolute atomic E-state index is 12.6. The van der Waals surface area contributed by atoms with Gasteiger partial charge >= 0.3 is 0 Å². The van der Waals surface area contributed by atoms with E-state index in [9.17, 15) is 14.9 Å². The van der Waals surface area contributed by atoms with Gasteiger partial charge < -0.3 is 4.98 Å². The molecule has 0 spiro atoms. The molecule has 1 saturated heterocycles. The first kappa shape index (κ1) is 16.2. The lowest BCUT2D eigenvalue weighted by molar-refractivity contribution is -0.384. The Morgan fingerprint density at radius 1 is 1.04 bits per heavy atom. The minimum absolute atomic E-state index is 0.0309. The summed E-state index contributed by atoms with van der Waals surface area (Å²) in [5, 5.41) is 12.2. The van der Waals surface area contributed by atoms with Crippen molar-refractivity contribution in [2.45, 2.75) is 31.3 Å². The molecular formula is C21H19N3O3. The van der Waals surface area contributed by atoms with Crippen LogP contribution in [0.5, 0.6) is 0 Å². The normalized spacial score (nSPS) is 22.4. The number of hydrogen-bond acceptors (Lipinski definition) is 4. The van der Waals surface area contributed by atoms with E-state index in [4.69, 9.17) is 0 Å². The molecule has 2 aromatic carbocycles. The number of ketones is 1. The Balaban J connectivity index is 1.55. The van der Waals surface area contributed by atoms with Crippen molar-refractivity contribution in [1.29, 1.82) is 0 Å². The standard InChI is InChI=1S/C21H19N3O3/c25-15-11-19(13-5-7-14(8-6-13)24(26)27)23-10-9-17-16-3-1-2-4-18(16)22-21(17)20(23)12-15/h1-8,19-20,22H,9-12H2/t19-,20+/m0/s1. The second-order valence-electron chi connectivity index (χ2n) is 7.38. The van der Waals surface area contributed by atoms with Crippen LogP contribution in [0.25, 0.3) is 10.9 Å². The summed E-state index contributed by atoms with van der Waals surface area (Å²) < 4.78 is 0. The fourth-order valence-electron chi connectivity index (χ4n) is 4.69. The SMILES string of the molecule is O=C1C[C@@H]2c3[nH]c4ccccc4c3CCN2[C@H](c2ccc([N+](=O)[O-])cc2)C1. The molecule has 1 aromatic heterocycles. The van der Waals surface area contributed by atoms with Gasteiger partial charge in [0.25, 0.3) is 5.69 Å². The van der Waals surface area contributed by atoms with Crippen molar-refractivity contribution < 1.29 is 9.72 Å². The summed E-state index contributed by atoms with van der Waals surface area (Å²) >= 11 is 0. The maximum Gasteiger partial charge on any atom is 0.269 e. The Morgan fingerprint density at radius 2 is 1.78 bits per heavy atom. The highest BCUT2D eigenvalue weighted by molar-refractivity contribution is 5.86. The largest absolute Gasteiger partial charge is 0.357 e. The fourth-order valence-corrected chi connectivity index (χ4v) is 4.69. The highest BCUT2D eigenvalue weighted by Gasteiger charge is 2.40. The third-order valence-corrected chi connectivity index (χ3v) is 5.93. The zero-order chi connectivity index (χ0) is 18.5. The number of Topliss-reactive ketones (excluding diaryl/α,β-unsaturated/α-hetero) is 1. The second kappa shape index (κ2) is 6.03. The first-order valence-corrected chi connectivity index (χ1v) is 9.23. The number of carbonyl (C=O) groups excluding carboxylic acids is 1. The molecule has 2 atom stereocenters. The van der Waals surface area contributed by atoms with Gasteiger partial charge in [-0.25, -0.2) is 0 Å². The molecule has 0 saturated carbocycles. The molecule has 0 aliphatic carbocycles. The van der Waals surface area contributed by atoms with Crippen LogP contribution >= 0.6 is 0 Å². The Morgan fingerprint density at radius 3 is 2.56 bits per heavy atom. The van der Waals surface area contributed by atoms with Crippen LogP contribution in [0, 0.1) is 10.1 Å². The van der Waals surface area contributed by atoms with Crippen LogP contribution in [0.15, 0.2) is 48.5 Å². The van der Waals surface area contributed by atoms with Gasteiger partial charge in [-0.1, -0.05) is 30.3 Å². The Kier molecular flexibility index (Phi) is 3.62. The number of benzene rings is 2. The highest BCUT2D eigenvalue weighted by atomic mass is 16.6. The predicted molar refractivity (Wildman–Crippen MR) is 102 cm³/mol. The number of para-hydroxylation sites is 1. The van der Waals surface area contributed by atoms with Crippen LogP contribution in [-0.2, 0) is 11.2 Å². The summed E-state index contributed by atoms with van der Waals surface area (Å²) in [5.41, 5.74) is 4.65. The monoisotopic (exact) mass is 361 g/mol. The summed E-state index contributed by atoms with van der Waals surface area (Å²) in [6.07, 6.45) is 1.92. The van der Waals surface area contributed by atoms with E-state index in [-0.39, 0.29) is 23.6 Å². The average molecular weight is 361 g/mol. The zero-order valence-corrected chi connectivity index (χ0v) is 14.7. The van der Waals surface area contributed by atoms with Gasteiger partial charge in [0.1, 0.15) is 5.78 Å². The zero-order valence-electron chi connectivity index (χ0n) is 14.7. The number of rotatable bonds is 2. The third-order valence-electron chi connectivity index (χ3n) is 5.93. The number of aromatic amines is 1. The number of nitrogens with one attached hydrogen (secondary N) is 1. The minimum atomic E-state index is -0.393. The molecule has 0 unspecified atom stereocenters. The van der Waals surface area contributed by atoms with Gasteiger partial charge in [0, 0.05) is 54.2 Å². The molecule has 136 valence electrons. The van der Waals surface area contributed by atoms with Crippen LogP contribution in [0.1, 0.15) is 41.7 Å². The lowest BCUT2D eigenvalue weighted by Gasteiger charge is -2.44. The molecule has 0 bridgehead atoms. The lowest BCUT2D eigenvalue weighted by atomic mass is 9.84. The Labute approximate surface area is 155 Å². The van der Waals surface area contributed by atoms with Gasteiger partial charge in [-0.15, -0.1) is 0 Å². The highest BCUT2D eigenvalue weighted by Crippen LogP contribution is 2.45. The van der Waals surface area contributed by atoms with Crippen molar-refractivity contribution in [2.24, 2.45) is 0 Å². The number of hydrogen-bond donors (Lipinski definition) is 1. The molecule has 5 rings (SSSR count). The summed E-state index contributed by atoms with van der Waals surface area (Å²) in [6.45, 7) is 0.883. The number of carbonyl (C=O) groups is 1. The van der Waals surface area contributed by atoms with E-state index in [1.165, 1.54) is 23.1 Å². The molecule has 2 aliphatic heterocycles. The number of nitro groups is 1. The number of nitrogens with zero attached hydrogens (tertiary/aromatic N) is 2. The molecule has 1 fully saturated rings. The van der Waals surface area contributed by atoms with Gasteiger partial charge in [-0.2, -0.15) is 0 Å².